The summed E-state index contributed by atoms with van der Waals surface area (Å²) in [4.78, 5) is 19.5. The van der Waals surface area contributed by atoms with Crippen molar-refractivity contribution in [3.8, 4) is 0 Å². The number of methoxy groups -OCH3 is 1. The summed E-state index contributed by atoms with van der Waals surface area (Å²) in [6, 6.07) is 0. The molecule has 0 aliphatic rings. The Hall–Kier alpha value is -1.22. The van der Waals surface area contributed by atoms with Crippen LogP contribution in [0, 0.1) is 0 Å². The van der Waals surface area contributed by atoms with Crippen LogP contribution in [-0.2, 0) is 14.3 Å². The predicted molar refractivity (Wildman–Crippen MR) is 47.9 cm³/mol. The normalized spacial score (nSPS) is 15.5. The van der Waals surface area contributed by atoms with E-state index in [2.05, 4.69) is 4.74 Å². The smallest absolute Gasteiger partial charge is 0.335 e. The molecule has 0 heterocycles. The minimum absolute atomic E-state index is 0.116. The fraction of sp³-hybridized carbons (Fsp3) is 0.714. The van der Waals surface area contributed by atoms with E-state index in [9.17, 15) is 9.59 Å². The first kappa shape index (κ1) is 16.2. The minimum Gasteiger partial charge on any atom is -0.479 e. The van der Waals surface area contributed by atoms with Crippen LogP contribution in [0.5, 0.6) is 0 Å². The molecule has 0 rings (SSSR count). The van der Waals surface area contributed by atoms with E-state index in [4.69, 9.17) is 26.2 Å². The molecule has 0 saturated carbocycles. The lowest BCUT2D eigenvalue weighted by Crippen LogP contribution is -2.39. The molecule has 6 N–H and O–H groups in total. The molecule has 0 amide bonds. The van der Waals surface area contributed by atoms with Gasteiger partial charge in [-0.3, -0.25) is 0 Å². The summed E-state index contributed by atoms with van der Waals surface area (Å²) < 4.78 is 4.53. The Labute approximate surface area is 85.9 Å². The first-order chi connectivity index (χ1) is 6.73. The SMILES string of the molecule is COC(C)N.O=C(O)C(O)C(O)C(=O)O. The third-order valence-electron chi connectivity index (χ3n) is 1.18. The number of rotatable bonds is 4. The highest BCUT2D eigenvalue weighted by Crippen LogP contribution is 1.92. The van der Waals surface area contributed by atoms with Crippen LogP contribution in [0.1, 0.15) is 6.92 Å². The molecule has 15 heavy (non-hydrogen) atoms. The van der Waals surface area contributed by atoms with Gasteiger partial charge in [-0.25, -0.2) is 9.59 Å². The van der Waals surface area contributed by atoms with Crippen molar-refractivity contribution in [2.24, 2.45) is 5.73 Å². The molecule has 0 saturated heterocycles. The Morgan fingerprint density at radius 2 is 1.33 bits per heavy atom. The number of carboxylic acids is 2. The average molecular weight is 225 g/mol. The number of hydrogen-bond donors (Lipinski definition) is 5. The van der Waals surface area contributed by atoms with Crippen molar-refractivity contribution in [3.63, 3.8) is 0 Å². The average Bonchev–Trinajstić information content (AvgIpc) is 2.16. The first-order valence-electron chi connectivity index (χ1n) is 3.84. The van der Waals surface area contributed by atoms with Crippen molar-refractivity contribution in [2.75, 3.05) is 7.11 Å². The Morgan fingerprint density at radius 1 is 1.13 bits per heavy atom. The van der Waals surface area contributed by atoms with Gasteiger partial charge in [0.2, 0.25) is 0 Å². The number of ether oxygens (including phenoxy) is 1. The number of aliphatic carboxylic acids is 2. The van der Waals surface area contributed by atoms with Crippen LogP contribution in [0.3, 0.4) is 0 Å². The van der Waals surface area contributed by atoms with E-state index in [1.54, 1.807) is 14.0 Å². The maximum absolute atomic E-state index is 9.77. The Morgan fingerprint density at radius 3 is 1.40 bits per heavy atom. The molecule has 0 aromatic carbocycles. The summed E-state index contributed by atoms with van der Waals surface area (Å²) in [7, 11) is 1.57. The van der Waals surface area contributed by atoms with Crippen LogP contribution in [-0.4, -0.2) is 57.9 Å². The van der Waals surface area contributed by atoms with E-state index in [1.165, 1.54) is 0 Å². The third kappa shape index (κ3) is 9.09. The highest BCUT2D eigenvalue weighted by Gasteiger charge is 2.29. The lowest BCUT2D eigenvalue weighted by Gasteiger charge is -2.07. The van der Waals surface area contributed by atoms with Gasteiger partial charge in [-0.15, -0.1) is 0 Å². The van der Waals surface area contributed by atoms with Gasteiger partial charge in [-0.2, -0.15) is 0 Å². The van der Waals surface area contributed by atoms with Gasteiger partial charge < -0.3 is 30.9 Å². The number of carboxylic acid groups (broad SMARTS) is 2. The molecule has 90 valence electrons. The molecule has 0 aromatic heterocycles. The van der Waals surface area contributed by atoms with Gasteiger partial charge in [0.25, 0.3) is 0 Å². The van der Waals surface area contributed by atoms with Crippen LogP contribution in [0.15, 0.2) is 0 Å². The molecule has 0 aliphatic carbocycles. The topological polar surface area (TPSA) is 150 Å². The summed E-state index contributed by atoms with van der Waals surface area (Å²) in [5.41, 5.74) is 5.07. The molecule has 0 fully saturated rings. The van der Waals surface area contributed by atoms with Crippen molar-refractivity contribution >= 4 is 11.9 Å². The highest BCUT2D eigenvalue weighted by molar-refractivity contribution is 5.82. The molecule has 0 aromatic rings. The van der Waals surface area contributed by atoms with Crippen LogP contribution < -0.4 is 5.73 Å². The molecule has 8 nitrogen and oxygen atoms in total. The maximum atomic E-state index is 9.77. The van der Waals surface area contributed by atoms with E-state index in [-0.39, 0.29) is 6.23 Å². The summed E-state index contributed by atoms with van der Waals surface area (Å²) in [6.07, 6.45) is -4.65. The Kier molecular flexibility index (Phi) is 8.78. The second-order valence-corrected chi connectivity index (χ2v) is 2.51. The molecule has 0 bridgehead atoms. The van der Waals surface area contributed by atoms with E-state index in [0.717, 1.165) is 0 Å². The molecule has 0 aliphatic heterocycles. The number of aliphatic hydroxyl groups is 2. The van der Waals surface area contributed by atoms with Gasteiger partial charge in [0.1, 0.15) is 6.23 Å². The van der Waals surface area contributed by atoms with Crippen molar-refractivity contribution in [3.05, 3.63) is 0 Å². The van der Waals surface area contributed by atoms with Crippen molar-refractivity contribution < 1.29 is 34.8 Å². The summed E-state index contributed by atoms with van der Waals surface area (Å²) in [5, 5.41) is 32.5. The lowest BCUT2D eigenvalue weighted by atomic mass is 10.2. The van der Waals surface area contributed by atoms with E-state index in [1.807, 2.05) is 0 Å². The van der Waals surface area contributed by atoms with Gasteiger partial charge in [0, 0.05) is 7.11 Å². The molecular weight excluding hydrogens is 210 g/mol. The predicted octanol–water partition coefficient (Wildman–Crippen LogP) is -2.19. The number of hydrogen-bond acceptors (Lipinski definition) is 6. The third-order valence-corrected chi connectivity index (χ3v) is 1.18. The fourth-order valence-corrected chi connectivity index (χ4v) is 0.270. The number of carbonyl (C=O) groups is 2. The van der Waals surface area contributed by atoms with Crippen molar-refractivity contribution in [1.29, 1.82) is 0 Å². The maximum Gasteiger partial charge on any atom is 0.335 e. The fourth-order valence-electron chi connectivity index (χ4n) is 0.270. The quantitative estimate of drug-likeness (QED) is 0.338. The highest BCUT2D eigenvalue weighted by atomic mass is 16.5. The Balaban J connectivity index is 0. The summed E-state index contributed by atoms with van der Waals surface area (Å²) in [5.74, 6) is -3.54. The van der Waals surface area contributed by atoms with E-state index in [0.29, 0.717) is 0 Å². The van der Waals surface area contributed by atoms with Crippen LogP contribution in [0.2, 0.25) is 0 Å². The zero-order valence-electron chi connectivity index (χ0n) is 8.32. The molecule has 3 atom stereocenters. The lowest BCUT2D eigenvalue weighted by molar-refractivity contribution is -0.165. The van der Waals surface area contributed by atoms with E-state index >= 15 is 0 Å². The molecule has 0 spiro atoms. The minimum atomic E-state index is -2.27. The van der Waals surface area contributed by atoms with Crippen LogP contribution in [0.4, 0.5) is 0 Å². The van der Waals surface area contributed by atoms with Gasteiger partial charge in [-0.1, -0.05) is 0 Å². The molecule has 0 radical (unpaired) electrons. The van der Waals surface area contributed by atoms with Crippen molar-refractivity contribution in [2.45, 2.75) is 25.4 Å². The number of nitrogens with two attached hydrogens (primary N) is 1. The largest absolute Gasteiger partial charge is 0.479 e. The first-order valence-corrected chi connectivity index (χ1v) is 3.84. The monoisotopic (exact) mass is 225 g/mol. The van der Waals surface area contributed by atoms with Gasteiger partial charge in [-0.05, 0) is 6.92 Å². The summed E-state index contributed by atoms with van der Waals surface area (Å²) in [6.45, 7) is 1.78. The van der Waals surface area contributed by atoms with Crippen molar-refractivity contribution in [1.82, 2.24) is 0 Å². The Bertz CT molecular complexity index is 188. The molecule has 8 heteroatoms. The standard InChI is InChI=1S/C4H6O6.C3H9NO/c5-1(3(7)8)2(6)4(9)10;1-3(4)5-2/h1-2,5-6H,(H,7,8)(H,9,10);3H,4H2,1-2H3. The second kappa shape index (κ2) is 8.12. The molecular formula is C7H15NO7. The van der Waals surface area contributed by atoms with E-state index < -0.39 is 24.1 Å². The zero-order chi connectivity index (χ0) is 12.6. The number of aliphatic hydroxyl groups excluding tert-OH is 2. The van der Waals surface area contributed by atoms with Crippen LogP contribution >= 0.6 is 0 Å². The molecule has 3 unspecified atom stereocenters. The zero-order valence-corrected chi connectivity index (χ0v) is 8.32. The van der Waals surface area contributed by atoms with Gasteiger partial charge in [0.05, 0.1) is 0 Å². The second-order valence-electron chi connectivity index (χ2n) is 2.51. The van der Waals surface area contributed by atoms with Gasteiger partial charge >= 0.3 is 11.9 Å². The summed E-state index contributed by atoms with van der Waals surface area (Å²) >= 11 is 0. The van der Waals surface area contributed by atoms with Crippen LogP contribution in [0.25, 0.3) is 0 Å². The van der Waals surface area contributed by atoms with Gasteiger partial charge in [0.15, 0.2) is 12.2 Å².